The molecule has 0 aromatic carbocycles. The van der Waals surface area contributed by atoms with Crippen molar-refractivity contribution < 1.29 is 14.3 Å². The number of amides is 1. The molecule has 114 valence electrons. The van der Waals surface area contributed by atoms with Crippen LogP contribution in [0.25, 0.3) is 0 Å². The third kappa shape index (κ3) is 2.09. The fourth-order valence-electron chi connectivity index (χ4n) is 3.24. The standard InChI is InChI=1S/C15H16N4O3/c20-13(10-5-9-1-4-17-14(9)18-6-10)12-8-22-15(21)19(12)11-2-3-16-7-11/h4-6,11-12,16H,1-3,7-8H2. The van der Waals surface area contributed by atoms with Crippen molar-refractivity contribution in [2.75, 3.05) is 19.7 Å². The Hall–Kier alpha value is -2.28. The van der Waals surface area contributed by atoms with Gasteiger partial charge in [0.25, 0.3) is 0 Å². The number of nitrogens with zero attached hydrogens (tertiary/aromatic N) is 3. The maximum Gasteiger partial charge on any atom is 0.410 e. The Kier molecular flexibility index (Phi) is 3.15. The molecule has 1 aromatic rings. The summed E-state index contributed by atoms with van der Waals surface area (Å²) in [4.78, 5) is 34.7. The van der Waals surface area contributed by atoms with Crippen LogP contribution in [-0.4, -0.2) is 59.8 Å². The zero-order valence-electron chi connectivity index (χ0n) is 12.0. The van der Waals surface area contributed by atoms with Gasteiger partial charge in [-0.15, -0.1) is 0 Å². The van der Waals surface area contributed by atoms with Crippen LogP contribution in [0.4, 0.5) is 10.6 Å². The molecule has 2 saturated heterocycles. The van der Waals surface area contributed by atoms with E-state index in [9.17, 15) is 9.59 Å². The topological polar surface area (TPSA) is 83.9 Å². The van der Waals surface area contributed by atoms with Gasteiger partial charge in [-0.05, 0) is 19.0 Å². The van der Waals surface area contributed by atoms with E-state index in [0.29, 0.717) is 24.3 Å². The third-order valence-electron chi connectivity index (χ3n) is 4.39. The van der Waals surface area contributed by atoms with Crippen LogP contribution >= 0.6 is 0 Å². The summed E-state index contributed by atoms with van der Waals surface area (Å²) in [6.07, 6.45) is 4.46. The lowest BCUT2D eigenvalue weighted by molar-refractivity contribution is 0.0863. The fourth-order valence-corrected chi connectivity index (χ4v) is 3.24. The second kappa shape index (κ2) is 5.17. The Morgan fingerprint density at radius 1 is 1.45 bits per heavy atom. The zero-order valence-corrected chi connectivity index (χ0v) is 12.0. The number of carbonyl (C=O) groups is 2. The van der Waals surface area contributed by atoms with Gasteiger partial charge in [-0.1, -0.05) is 0 Å². The van der Waals surface area contributed by atoms with Crippen molar-refractivity contribution in [3.05, 3.63) is 23.4 Å². The number of nitrogens with one attached hydrogen (secondary N) is 1. The summed E-state index contributed by atoms with van der Waals surface area (Å²) < 4.78 is 5.12. The molecule has 7 heteroatoms. The first-order valence-corrected chi connectivity index (χ1v) is 7.45. The summed E-state index contributed by atoms with van der Waals surface area (Å²) in [5, 5.41) is 3.21. The summed E-state index contributed by atoms with van der Waals surface area (Å²) in [6, 6.07) is 1.29. The van der Waals surface area contributed by atoms with Crippen LogP contribution in [-0.2, 0) is 11.2 Å². The highest BCUT2D eigenvalue weighted by molar-refractivity contribution is 6.03. The molecule has 3 aliphatic heterocycles. The molecule has 4 heterocycles. The Bertz CT molecular complexity index is 667. The molecule has 0 bridgehead atoms. The monoisotopic (exact) mass is 300 g/mol. The number of carbonyl (C=O) groups excluding carboxylic acids is 2. The van der Waals surface area contributed by atoms with Crippen LogP contribution < -0.4 is 5.32 Å². The Balaban J connectivity index is 1.60. The second-order valence-electron chi connectivity index (χ2n) is 5.73. The molecule has 22 heavy (non-hydrogen) atoms. The van der Waals surface area contributed by atoms with Gasteiger partial charge in [0.2, 0.25) is 0 Å². The highest BCUT2D eigenvalue weighted by atomic mass is 16.6. The number of rotatable bonds is 3. The average Bonchev–Trinajstić information content (AvgIpc) is 3.25. The molecule has 0 aliphatic carbocycles. The van der Waals surface area contributed by atoms with Gasteiger partial charge in [-0.2, -0.15) is 0 Å². The number of hydrogen-bond donors (Lipinski definition) is 1. The molecular weight excluding hydrogens is 284 g/mol. The number of pyridine rings is 1. The zero-order chi connectivity index (χ0) is 15.1. The molecule has 7 nitrogen and oxygen atoms in total. The van der Waals surface area contributed by atoms with Crippen LogP contribution in [0.2, 0.25) is 0 Å². The number of ketones is 1. The van der Waals surface area contributed by atoms with E-state index in [0.717, 1.165) is 18.5 Å². The van der Waals surface area contributed by atoms with Crippen LogP contribution in [0.5, 0.6) is 0 Å². The Morgan fingerprint density at radius 3 is 3.18 bits per heavy atom. The van der Waals surface area contributed by atoms with Crippen molar-refractivity contribution in [1.82, 2.24) is 15.2 Å². The predicted molar refractivity (Wildman–Crippen MR) is 78.7 cm³/mol. The third-order valence-corrected chi connectivity index (χ3v) is 4.39. The summed E-state index contributed by atoms with van der Waals surface area (Å²) in [5.41, 5.74) is 1.47. The number of aromatic nitrogens is 1. The molecule has 4 rings (SSSR count). The minimum Gasteiger partial charge on any atom is -0.447 e. The van der Waals surface area contributed by atoms with Gasteiger partial charge in [0, 0.05) is 42.5 Å². The van der Waals surface area contributed by atoms with E-state index >= 15 is 0 Å². The number of aliphatic imine (C=N–C) groups is 1. The molecule has 0 radical (unpaired) electrons. The fraction of sp³-hybridized carbons (Fsp3) is 0.467. The molecule has 0 spiro atoms. The normalized spacial score (nSPS) is 26.4. The van der Waals surface area contributed by atoms with E-state index in [4.69, 9.17) is 4.74 Å². The number of hydrogen-bond acceptors (Lipinski definition) is 6. The molecule has 1 N–H and O–H groups in total. The first-order chi connectivity index (χ1) is 10.7. The highest BCUT2D eigenvalue weighted by Gasteiger charge is 2.43. The van der Waals surface area contributed by atoms with E-state index in [1.54, 1.807) is 11.1 Å². The number of Topliss-reactive ketones (excluding diaryl/α,β-unsaturated/α-hetero) is 1. The van der Waals surface area contributed by atoms with Gasteiger partial charge in [-0.3, -0.25) is 9.69 Å². The number of fused-ring (bicyclic) bond motifs is 1. The van der Waals surface area contributed by atoms with Crippen molar-refractivity contribution in [2.24, 2.45) is 4.99 Å². The van der Waals surface area contributed by atoms with E-state index in [-0.39, 0.29) is 18.4 Å². The van der Waals surface area contributed by atoms with Crippen molar-refractivity contribution in [3.63, 3.8) is 0 Å². The van der Waals surface area contributed by atoms with Crippen LogP contribution in [0.3, 0.4) is 0 Å². The minimum absolute atomic E-state index is 0.0228. The largest absolute Gasteiger partial charge is 0.447 e. The van der Waals surface area contributed by atoms with E-state index in [1.165, 1.54) is 6.20 Å². The van der Waals surface area contributed by atoms with Crippen LogP contribution in [0, 0.1) is 0 Å². The van der Waals surface area contributed by atoms with Gasteiger partial charge in [0.05, 0.1) is 0 Å². The molecule has 2 fully saturated rings. The van der Waals surface area contributed by atoms with Gasteiger partial charge in [0.1, 0.15) is 12.6 Å². The predicted octanol–water partition coefficient (Wildman–Crippen LogP) is 0.705. The molecule has 1 aromatic heterocycles. The maximum absolute atomic E-state index is 12.8. The first-order valence-electron chi connectivity index (χ1n) is 7.45. The summed E-state index contributed by atoms with van der Waals surface area (Å²) >= 11 is 0. The molecule has 0 saturated carbocycles. The highest BCUT2D eigenvalue weighted by Crippen LogP contribution is 2.26. The van der Waals surface area contributed by atoms with Gasteiger partial charge >= 0.3 is 6.09 Å². The minimum atomic E-state index is -0.556. The summed E-state index contributed by atoms with van der Waals surface area (Å²) in [6.45, 7) is 1.67. The Labute approximate surface area is 127 Å². The SMILES string of the molecule is O=C(c1cnc2c(c1)CC=N2)C1COC(=O)N1C1CCNC1. The van der Waals surface area contributed by atoms with E-state index in [2.05, 4.69) is 15.3 Å². The Morgan fingerprint density at radius 2 is 2.36 bits per heavy atom. The van der Waals surface area contributed by atoms with Crippen LogP contribution in [0.15, 0.2) is 17.3 Å². The lowest BCUT2D eigenvalue weighted by atomic mass is 10.0. The number of cyclic esters (lactones) is 1. The lowest BCUT2D eigenvalue weighted by Gasteiger charge is -2.26. The van der Waals surface area contributed by atoms with Crippen molar-refractivity contribution in [2.45, 2.75) is 24.9 Å². The van der Waals surface area contributed by atoms with E-state index in [1.807, 2.05) is 6.07 Å². The molecule has 1 amide bonds. The van der Waals surface area contributed by atoms with Crippen molar-refractivity contribution >= 4 is 23.9 Å². The molecular formula is C15H16N4O3. The smallest absolute Gasteiger partial charge is 0.410 e. The van der Waals surface area contributed by atoms with Gasteiger partial charge < -0.3 is 10.1 Å². The molecule has 2 atom stereocenters. The lowest BCUT2D eigenvalue weighted by Crippen LogP contribution is -2.47. The van der Waals surface area contributed by atoms with Gasteiger partial charge in [0.15, 0.2) is 11.6 Å². The summed E-state index contributed by atoms with van der Waals surface area (Å²) in [7, 11) is 0. The van der Waals surface area contributed by atoms with Crippen LogP contribution in [0.1, 0.15) is 22.3 Å². The first kappa shape index (κ1) is 13.4. The average molecular weight is 300 g/mol. The summed E-state index contributed by atoms with van der Waals surface area (Å²) in [5.74, 6) is 0.562. The molecule has 2 unspecified atom stereocenters. The van der Waals surface area contributed by atoms with Crippen molar-refractivity contribution in [3.8, 4) is 0 Å². The second-order valence-corrected chi connectivity index (χ2v) is 5.73. The van der Waals surface area contributed by atoms with E-state index < -0.39 is 12.1 Å². The van der Waals surface area contributed by atoms with Gasteiger partial charge in [-0.25, -0.2) is 14.8 Å². The molecule has 3 aliphatic rings. The number of ether oxygens (including phenoxy) is 1. The maximum atomic E-state index is 12.8. The quantitative estimate of drug-likeness (QED) is 0.831. The van der Waals surface area contributed by atoms with Crippen molar-refractivity contribution in [1.29, 1.82) is 0 Å².